The van der Waals surface area contributed by atoms with Crippen LogP contribution in [-0.2, 0) is 13.1 Å². The minimum atomic E-state index is -0.328. The highest BCUT2D eigenvalue weighted by atomic mass is 19.1. The summed E-state index contributed by atoms with van der Waals surface area (Å²) in [5, 5.41) is 6.24. The van der Waals surface area contributed by atoms with Gasteiger partial charge in [-0.05, 0) is 41.8 Å². The molecule has 0 saturated carbocycles. The SMILES string of the molecule is CN=C(NCc1ccc(C)c(F)c1)NCc1ccc(-n2ccnc2)c(F)c1. The van der Waals surface area contributed by atoms with Crippen LogP contribution in [0, 0.1) is 18.6 Å². The fourth-order valence-electron chi connectivity index (χ4n) is 2.61. The molecule has 7 heteroatoms. The van der Waals surface area contributed by atoms with Gasteiger partial charge in [-0.15, -0.1) is 0 Å². The van der Waals surface area contributed by atoms with E-state index < -0.39 is 0 Å². The highest BCUT2D eigenvalue weighted by Crippen LogP contribution is 2.15. The number of nitrogens with zero attached hydrogens (tertiary/aromatic N) is 3. The number of guanidine groups is 1. The number of benzene rings is 2. The van der Waals surface area contributed by atoms with Crippen LogP contribution in [0.4, 0.5) is 8.78 Å². The van der Waals surface area contributed by atoms with Crippen LogP contribution in [0.3, 0.4) is 0 Å². The van der Waals surface area contributed by atoms with Gasteiger partial charge in [0.2, 0.25) is 0 Å². The van der Waals surface area contributed by atoms with Gasteiger partial charge in [0.1, 0.15) is 11.6 Å². The summed E-state index contributed by atoms with van der Waals surface area (Å²) in [5.41, 5.74) is 2.65. The van der Waals surface area contributed by atoms with Crippen molar-refractivity contribution in [2.24, 2.45) is 4.99 Å². The Bertz CT molecular complexity index is 936. The monoisotopic (exact) mass is 369 g/mol. The predicted molar refractivity (Wildman–Crippen MR) is 102 cm³/mol. The van der Waals surface area contributed by atoms with Crippen molar-refractivity contribution in [1.82, 2.24) is 20.2 Å². The number of rotatable bonds is 5. The molecule has 0 bridgehead atoms. The Morgan fingerprint density at radius 3 is 2.26 bits per heavy atom. The highest BCUT2D eigenvalue weighted by Gasteiger charge is 2.06. The van der Waals surface area contributed by atoms with Gasteiger partial charge in [-0.25, -0.2) is 13.8 Å². The molecule has 0 radical (unpaired) electrons. The molecule has 0 aliphatic rings. The second-order valence-corrected chi connectivity index (χ2v) is 6.12. The van der Waals surface area contributed by atoms with E-state index in [2.05, 4.69) is 20.6 Å². The zero-order valence-electron chi connectivity index (χ0n) is 15.2. The van der Waals surface area contributed by atoms with Gasteiger partial charge < -0.3 is 15.2 Å². The zero-order valence-corrected chi connectivity index (χ0v) is 15.2. The molecule has 2 N–H and O–H groups in total. The summed E-state index contributed by atoms with van der Waals surface area (Å²) >= 11 is 0. The van der Waals surface area contributed by atoms with Gasteiger partial charge in [-0.3, -0.25) is 4.99 Å². The molecular weight excluding hydrogens is 348 g/mol. The zero-order chi connectivity index (χ0) is 19.2. The lowest BCUT2D eigenvalue weighted by Crippen LogP contribution is -2.36. The van der Waals surface area contributed by atoms with Crippen molar-refractivity contribution >= 4 is 5.96 Å². The molecule has 2 aromatic carbocycles. The second-order valence-electron chi connectivity index (χ2n) is 6.12. The first kappa shape index (κ1) is 18.6. The van der Waals surface area contributed by atoms with Crippen molar-refractivity contribution in [2.45, 2.75) is 20.0 Å². The third kappa shape index (κ3) is 4.69. The molecule has 0 spiro atoms. The van der Waals surface area contributed by atoms with Crippen LogP contribution >= 0.6 is 0 Å². The molecule has 3 aromatic rings. The third-order valence-electron chi connectivity index (χ3n) is 4.17. The van der Waals surface area contributed by atoms with Gasteiger partial charge in [0.05, 0.1) is 12.0 Å². The number of aryl methyl sites for hydroxylation is 1. The third-order valence-corrected chi connectivity index (χ3v) is 4.17. The van der Waals surface area contributed by atoms with E-state index in [1.54, 1.807) is 49.4 Å². The molecule has 1 aromatic heterocycles. The molecule has 0 amide bonds. The molecule has 5 nitrogen and oxygen atoms in total. The molecule has 1 heterocycles. The minimum absolute atomic E-state index is 0.231. The molecule has 27 heavy (non-hydrogen) atoms. The molecule has 0 aliphatic carbocycles. The van der Waals surface area contributed by atoms with E-state index in [9.17, 15) is 8.78 Å². The first-order valence-corrected chi connectivity index (χ1v) is 8.53. The first-order chi connectivity index (χ1) is 13.1. The van der Waals surface area contributed by atoms with Crippen molar-refractivity contribution in [1.29, 1.82) is 0 Å². The van der Waals surface area contributed by atoms with Crippen LogP contribution in [0.5, 0.6) is 0 Å². The van der Waals surface area contributed by atoms with Crippen molar-refractivity contribution in [3.8, 4) is 5.69 Å². The van der Waals surface area contributed by atoms with Gasteiger partial charge in [-0.1, -0.05) is 18.2 Å². The molecule has 0 atom stereocenters. The van der Waals surface area contributed by atoms with Gasteiger partial charge in [-0.2, -0.15) is 0 Å². The van der Waals surface area contributed by atoms with Crippen molar-refractivity contribution in [2.75, 3.05) is 7.05 Å². The van der Waals surface area contributed by atoms with Crippen molar-refractivity contribution in [3.63, 3.8) is 0 Å². The molecule has 0 fully saturated rings. The van der Waals surface area contributed by atoms with E-state index in [1.807, 2.05) is 12.1 Å². The lowest BCUT2D eigenvalue weighted by molar-refractivity contribution is 0.614. The van der Waals surface area contributed by atoms with E-state index >= 15 is 0 Å². The number of aromatic nitrogens is 2. The van der Waals surface area contributed by atoms with Crippen molar-refractivity contribution in [3.05, 3.63) is 83.4 Å². The lowest BCUT2D eigenvalue weighted by Gasteiger charge is -2.13. The normalized spacial score (nSPS) is 11.5. The number of imidazole rings is 1. The smallest absolute Gasteiger partial charge is 0.191 e. The van der Waals surface area contributed by atoms with Crippen LogP contribution in [0.25, 0.3) is 5.69 Å². The summed E-state index contributed by atoms with van der Waals surface area (Å²) in [4.78, 5) is 8.06. The minimum Gasteiger partial charge on any atom is -0.352 e. The fourth-order valence-corrected chi connectivity index (χ4v) is 2.61. The fraction of sp³-hybridized carbons (Fsp3) is 0.200. The average molecular weight is 369 g/mol. The Kier molecular flexibility index (Phi) is 5.80. The van der Waals surface area contributed by atoms with E-state index in [-0.39, 0.29) is 11.6 Å². The maximum atomic E-state index is 14.3. The Balaban J connectivity index is 1.57. The molecule has 140 valence electrons. The van der Waals surface area contributed by atoms with Crippen molar-refractivity contribution < 1.29 is 8.78 Å². The second kappa shape index (κ2) is 8.44. The summed E-state index contributed by atoms with van der Waals surface area (Å²) in [6.45, 7) is 2.57. The van der Waals surface area contributed by atoms with E-state index in [4.69, 9.17) is 0 Å². The Hall–Kier alpha value is -3.22. The number of hydrogen-bond acceptors (Lipinski definition) is 2. The van der Waals surface area contributed by atoms with Gasteiger partial charge in [0.15, 0.2) is 5.96 Å². The number of aliphatic imine (C=N–C) groups is 1. The summed E-state index contributed by atoms with van der Waals surface area (Å²) < 4.78 is 29.5. The van der Waals surface area contributed by atoms with Gasteiger partial charge in [0.25, 0.3) is 0 Å². The van der Waals surface area contributed by atoms with Crippen LogP contribution in [-0.4, -0.2) is 22.6 Å². The summed E-state index contributed by atoms with van der Waals surface area (Å²) in [5.74, 6) is -0.00819. The average Bonchev–Trinajstić information content (AvgIpc) is 3.19. The van der Waals surface area contributed by atoms with Crippen LogP contribution in [0.1, 0.15) is 16.7 Å². The largest absolute Gasteiger partial charge is 0.352 e. The molecule has 0 aliphatic heterocycles. The topological polar surface area (TPSA) is 54.2 Å². The Morgan fingerprint density at radius 1 is 1.04 bits per heavy atom. The summed E-state index contributed by atoms with van der Waals surface area (Å²) in [6, 6.07) is 10.1. The molecule has 0 unspecified atom stereocenters. The Labute approximate surface area is 156 Å². The van der Waals surface area contributed by atoms with Gasteiger partial charge >= 0.3 is 0 Å². The highest BCUT2D eigenvalue weighted by molar-refractivity contribution is 5.79. The maximum absolute atomic E-state index is 14.3. The quantitative estimate of drug-likeness (QED) is 0.536. The molecular formula is C20H21F2N5. The number of nitrogens with one attached hydrogen (secondary N) is 2. The van der Waals surface area contributed by atoms with E-state index in [1.165, 1.54) is 12.1 Å². The van der Waals surface area contributed by atoms with Crippen LogP contribution in [0.15, 0.2) is 60.1 Å². The Morgan fingerprint density at radius 2 is 1.70 bits per heavy atom. The van der Waals surface area contributed by atoms with Crippen LogP contribution < -0.4 is 10.6 Å². The standard InChI is InChI=1S/C20H21F2N5/c1-14-3-4-15(9-17(14)21)11-25-20(23-2)26-12-16-5-6-19(18(22)10-16)27-8-7-24-13-27/h3-10,13H,11-12H2,1-2H3,(H2,23,25,26). The predicted octanol–water partition coefficient (Wildman–Crippen LogP) is 3.32. The maximum Gasteiger partial charge on any atom is 0.191 e. The van der Waals surface area contributed by atoms with E-state index in [0.29, 0.717) is 30.3 Å². The summed E-state index contributed by atoms with van der Waals surface area (Å²) in [6.07, 6.45) is 4.84. The number of halogens is 2. The van der Waals surface area contributed by atoms with Crippen LogP contribution in [0.2, 0.25) is 0 Å². The molecule has 3 rings (SSSR count). The lowest BCUT2D eigenvalue weighted by atomic mass is 10.1. The van der Waals surface area contributed by atoms with E-state index in [0.717, 1.165) is 11.1 Å². The first-order valence-electron chi connectivity index (χ1n) is 8.53. The van der Waals surface area contributed by atoms with Gasteiger partial charge in [0, 0.05) is 32.5 Å². The molecule has 0 saturated heterocycles. The number of hydrogen-bond donors (Lipinski definition) is 2. The summed E-state index contributed by atoms with van der Waals surface area (Å²) in [7, 11) is 1.65.